The largest absolute Gasteiger partial charge is 0.504 e. The van der Waals surface area contributed by atoms with E-state index in [0.29, 0.717) is 0 Å². The van der Waals surface area contributed by atoms with E-state index in [1.807, 2.05) is 0 Å². The Labute approximate surface area is 75.3 Å². The molecule has 1 aromatic carbocycles. The summed E-state index contributed by atoms with van der Waals surface area (Å²) in [7, 11) is 0. The van der Waals surface area contributed by atoms with Gasteiger partial charge in [0.2, 0.25) is 5.82 Å². The van der Waals surface area contributed by atoms with E-state index in [2.05, 4.69) is 0 Å². The minimum absolute atomic E-state index is 0.743. The van der Waals surface area contributed by atoms with Crippen molar-refractivity contribution in [3.05, 3.63) is 27.5 Å². The number of rotatable bonds is 0. The molecule has 1 N–H and O–H groups in total. The molecule has 0 aliphatic heterocycles. The topological polar surface area (TPSA) is 20.2 Å². The number of benzene rings is 1. The van der Waals surface area contributed by atoms with E-state index in [1.165, 1.54) is 0 Å². The van der Waals surface area contributed by atoms with Crippen LogP contribution in [0.5, 0.6) is 5.75 Å². The van der Waals surface area contributed by atoms with Crippen molar-refractivity contribution in [2.75, 3.05) is 0 Å². The first-order chi connectivity index (χ1) is 5.46. The van der Waals surface area contributed by atoms with Crippen molar-refractivity contribution in [1.82, 2.24) is 0 Å². The quantitative estimate of drug-likeness (QED) is 0.522. The summed E-state index contributed by atoms with van der Waals surface area (Å²) in [6.07, 6.45) is 0. The molecule has 66 valence electrons. The van der Waals surface area contributed by atoms with E-state index in [4.69, 9.17) is 28.3 Å². The zero-order chi connectivity index (χ0) is 9.46. The van der Waals surface area contributed by atoms with Crippen LogP contribution in [-0.2, 0) is 0 Å². The highest BCUT2D eigenvalue weighted by Gasteiger charge is 2.22. The number of hydrogen-bond donors (Lipinski definition) is 1. The van der Waals surface area contributed by atoms with E-state index in [-0.39, 0.29) is 0 Å². The maximum Gasteiger partial charge on any atom is 0.205 e. The predicted molar refractivity (Wildman–Crippen MR) is 38.0 cm³/mol. The molecule has 0 bridgehead atoms. The molecule has 1 nitrogen and oxygen atoms in total. The Balaban J connectivity index is 3.60. The Morgan fingerprint density at radius 2 is 1.33 bits per heavy atom. The van der Waals surface area contributed by atoms with Gasteiger partial charge in [-0.05, 0) is 0 Å². The highest BCUT2D eigenvalue weighted by atomic mass is 35.5. The molecule has 0 radical (unpaired) electrons. The molecule has 0 atom stereocenters. The van der Waals surface area contributed by atoms with Gasteiger partial charge in [-0.25, -0.2) is 8.78 Å². The van der Waals surface area contributed by atoms with Gasteiger partial charge in [0.05, 0.1) is 0 Å². The molecule has 6 heteroatoms. The van der Waals surface area contributed by atoms with E-state index in [1.54, 1.807) is 0 Å². The van der Waals surface area contributed by atoms with Gasteiger partial charge in [-0.3, -0.25) is 0 Å². The van der Waals surface area contributed by atoms with Gasteiger partial charge in [-0.2, -0.15) is 4.39 Å². The second-order valence-electron chi connectivity index (χ2n) is 1.92. The highest BCUT2D eigenvalue weighted by Crippen LogP contribution is 2.37. The van der Waals surface area contributed by atoms with Crippen LogP contribution in [0.1, 0.15) is 0 Å². The molecule has 0 spiro atoms. The first kappa shape index (κ1) is 9.48. The molecule has 0 saturated carbocycles. The third kappa shape index (κ3) is 1.21. The Kier molecular flexibility index (Phi) is 2.39. The van der Waals surface area contributed by atoms with Crippen LogP contribution in [0.4, 0.5) is 13.2 Å². The van der Waals surface area contributed by atoms with Gasteiger partial charge in [0.25, 0.3) is 0 Å². The molecule has 0 aliphatic carbocycles. The minimum atomic E-state index is -1.85. The zero-order valence-electron chi connectivity index (χ0n) is 5.34. The monoisotopic (exact) mass is 216 g/mol. The van der Waals surface area contributed by atoms with Gasteiger partial charge in [0.1, 0.15) is 10.0 Å². The predicted octanol–water partition coefficient (Wildman–Crippen LogP) is 3.12. The summed E-state index contributed by atoms with van der Waals surface area (Å²) in [6.45, 7) is 0. The average Bonchev–Trinajstić information content (AvgIpc) is 2.08. The smallest absolute Gasteiger partial charge is 0.205 e. The first-order valence-electron chi connectivity index (χ1n) is 2.67. The highest BCUT2D eigenvalue weighted by molar-refractivity contribution is 6.43. The van der Waals surface area contributed by atoms with Crippen molar-refractivity contribution in [1.29, 1.82) is 0 Å². The SMILES string of the molecule is Oc1c(F)c(F)c(F)c(Cl)c1Cl. The second-order valence-corrected chi connectivity index (χ2v) is 2.67. The molecule has 0 unspecified atom stereocenters. The summed E-state index contributed by atoms with van der Waals surface area (Å²) >= 11 is 10.2. The summed E-state index contributed by atoms with van der Waals surface area (Å²) in [6, 6.07) is 0. The normalized spacial score (nSPS) is 10.4. The van der Waals surface area contributed by atoms with Gasteiger partial charge in [-0.1, -0.05) is 23.2 Å². The van der Waals surface area contributed by atoms with E-state index in [9.17, 15) is 13.2 Å². The molecule has 0 saturated heterocycles. The molecule has 1 rings (SSSR count). The molecule has 0 heterocycles. The summed E-state index contributed by atoms with van der Waals surface area (Å²) in [4.78, 5) is 0. The summed E-state index contributed by atoms with van der Waals surface area (Å²) in [5.74, 6) is -6.40. The lowest BCUT2D eigenvalue weighted by atomic mass is 10.3. The van der Waals surface area contributed by atoms with Crippen LogP contribution >= 0.6 is 23.2 Å². The number of phenolic OH excluding ortho intramolecular Hbond substituents is 1. The lowest BCUT2D eigenvalue weighted by Crippen LogP contribution is -1.93. The summed E-state index contributed by atoms with van der Waals surface area (Å²) in [5, 5.41) is 7.11. The maximum absolute atomic E-state index is 12.5. The molecular weight excluding hydrogens is 216 g/mol. The fourth-order valence-corrected chi connectivity index (χ4v) is 0.932. The van der Waals surface area contributed by atoms with E-state index < -0.39 is 33.2 Å². The van der Waals surface area contributed by atoms with Crippen LogP contribution in [-0.4, -0.2) is 5.11 Å². The van der Waals surface area contributed by atoms with Crippen LogP contribution < -0.4 is 0 Å². The fourth-order valence-electron chi connectivity index (χ4n) is 0.593. The van der Waals surface area contributed by atoms with E-state index in [0.717, 1.165) is 0 Å². The second kappa shape index (κ2) is 3.03. The van der Waals surface area contributed by atoms with Crippen LogP contribution in [0.2, 0.25) is 10.0 Å². The summed E-state index contributed by atoms with van der Waals surface area (Å²) in [5.41, 5.74) is 0. The van der Waals surface area contributed by atoms with Gasteiger partial charge in [0, 0.05) is 0 Å². The van der Waals surface area contributed by atoms with Gasteiger partial charge < -0.3 is 5.11 Å². The minimum Gasteiger partial charge on any atom is -0.504 e. The van der Waals surface area contributed by atoms with Crippen molar-refractivity contribution < 1.29 is 18.3 Å². The number of halogens is 5. The van der Waals surface area contributed by atoms with Crippen molar-refractivity contribution in [3.8, 4) is 5.75 Å². The fraction of sp³-hybridized carbons (Fsp3) is 0. The molecule has 0 aromatic heterocycles. The van der Waals surface area contributed by atoms with Gasteiger partial charge in [0.15, 0.2) is 17.4 Å². The Bertz CT molecular complexity index is 235. The lowest BCUT2D eigenvalue weighted by Gasteiger charge is -2.03. The van der Waals surface area contributed by atoms with Crippen molar-refractivity contribution in [2.24, 2.45) is 0 Å². The number of phenols is 1. The number of aromatic hydroxyl groups is 1. The lowest BCUT2D eigenvalue weighted by molar-refractivity contribution is 0.387. The van der Waals surface area contributed by atoms with Gasteiger partial charge in [-0.15, -0.1) is 0 Å². The van der Waals surface area contributed by atoms with Crippen molar-refractivity contribution >= 4 is 23.2 Å². The number of hydrogen-bond acceptors (Lipinski definition) is 1. The zero-order valence-corrected chi connectivity index (χ0v) is 6.85. The maximum atomic E-state index is 12.5. The average molecular weight is 217 g/mol. The van der Waals surface area contributed by atoms with E-state index >= 15 is 0 Å². The molecule has 0 amide bonds. The molecular formula is C6HCl2F3O. The van der Waals surface area contributed by atoms with Crippen LogP contribution in [0.3, 0.4) is 0 Å². The third-order valence-corrected chi connectivity index (χ3v) is 2.01. The molecule has 12 heavy (non-hydrogen) atoms. The van der Waals surface area contributed by atoms with Crippen molar-refractivity contribution in [2.45, 2.75) is 0 Å². The van der Waals surface area contributed by atoms with Gasteiger partial charge >= 0.3 is 0 Å². The third-order valence-electron chi connectivity index (χ3n) is 1.19. The van der Waals surface area contributed by atoms with Crippen LogP contribution in [0.25, 0.3) is 0 Å². The Morgan fingerprint density at radius 1 is 0.833 bits per heavy atom. The standard InChI is InChI=1S/C6HCl2F3O/c7-1-2(8)6(12)5(11)4(10)3(1)9/h12H. The van der Waals surface area contributed by atoms with Crippen LogP contribution in [0, 0.1) is 17.5 Å². The van der Waals surface area contributed by atoms with Crippen molar-refractivity contribution in [3.63, 3.8) is 0 Å². The molecule has 1 aromatic rings. The Morgan fingerprint density at radius 3 is 1.83 bits per heavy atom. The van der Waals surface area contributed by atoms with Crippen LogP contribution in [0.15, 0.2) is 0 Å². The first-order valence-corrected chi connectivity index (χ1v) is 3.42. The molecule has 0 aliphatic rings. The summed E-state index contributed by atoms with van der Waals surface area (Å²) < 4.78 is 37.3. The molecule has 0 fully saturated rings. The Hall–Kier alpha value is -0.610.